The average molecular weight is 551 g/mol. The third kappa shape index (κ3) is 7.25. The molecule has 39 heavy (non-hydrogen) atoms. The molecular formula is C28H32N5O5S-. The lowest BCUT2D eigenvalue weighted by Crippen LogP contribution is -2.53. The largest absolute Gasteiger partial charge is 0.744 e. The van der Waals surface area contributed by atoms with Crippen LogP contribution in [0.15, 0.2) is 71.9 Å². The molecule has 1 saturated heterocycles. The fraction of sp³-hybridized carbons (Fsp3) is 0.357. The molecule has 2 aromatic carbocycles. The van der Waals surface area contributed by atoms with Gasteiger partial charge in [-0.25, -0.2) is 8.42 Å². The molecule has 11 heteroatoms. The Kier molecular flexibility index (Phi) is 9.05. The zero-order chi connectivity index (χ0) is 28.0. The minimum atomic E-state index is -4.59. The predicted molar refractivity (Wildman–Crippen MR) is 144 cm³/mol. The van der Waals surface area contributed by atoms with Crippen molar-refractivity contribution >= 4 is 21.9 Å². The van der Waals surface area contributed by atoms with E-state index >= 15 is 0 Å². The molecule has 1 aliphatic rings. The number of hydrogen-bond donors (Lipinski definition) is 2. The van der Waals surface area contributed by atoms with E-state index in [2.05, 4.69) is 15.6 Å². The third-order valence-corrected chi connectivity index (χ3v) is 7.75. The van der Waals surface area contributed by atoms with Crippen LogP contribution in [-0.2, 0) is 32.5 Å². The van der Waals surface area contributed by atoms with E-state index in [1.54, 1.807) is 31.3 Å². The summed E-state index contributed by atoms with van der Waals surface area (Å²) in [4.78, 5) is 37.2. The summed E-state index contributed by atoms with van der Waals surface area (Å²) in [5, 5.41) is 5.72. The van der Waals surface area contributed by atoms with Gasteiger partial charge in [-0.15, -0.1) is 0 Å². The van der Waals surface area contributed by atoms with Crippen LogP contribution in [0.1, 0.15) is 48.3 Å². The molecule has 4 rings (SSSR count). The number of aromatic nitrogens is 2. The minimum Gasteiger partial charge on any atom is -0.744 e. The maximum Gasteiger partial charge on any atom is 0.246 e. The monoisotopic (exact) mass is 550 g/mol. The van der Waals surface area contributed by atoms with Crippen LogP contribution in [-0.4, -0.2) is 65.3 Å². The van der Waals surface area contributed by atoms with Crippen LogP contribution in [0.3, 0.4) is 0 Å². The SMILES string of the molecule is CN[C@@H](C)C(=O)N[C@@H](Cc1ccc(S(=O)(=O)[O-])cc1)C(=O)N1CCCC1c1cncc(Cc2ccccc2)n1. The van der Waals surface area contributed by atoms with Gasteiger partial charge < -0.3 is 20.1 Å². The number of likely N-dealkylation sites (tertiary alicyclic amines) is 1. The van der Waals surface area contributed by atoms with Crippen molar-refractivity contribution in [2.24, 2.45) is 0 Å². The van der Waals surface area contributed by atoms with Crippen molar-refractivity contribution in [1.29, 1.82) is 0 Å². The van der Waals surface area contributed by atoms with Gasteiger partial charge in [-0.05, 0) is 50.1 Å². The summed E-state index contributed by atoms with van der Waals surface area (Å²) in [7, 11) is -2.94. The molecule has 1 unspecified atom stereocenters. The molecule has 2 heterocycles. The van der Waals surface area contributed by atoms with E-state index in [1.165, 1.54) is 24.3 Å². The van der Waals surface area contributed by atoms with Gasteiger partial charge in [0.2, 0.25) is 11.8 Å². The van der Waals surface area contributed by atoms with E-state index < -0.39 is 22.2 Å². The summed E-state index contributed by atoms with van der Waals surface area (Å²) >= 11 is 0. The first-order chi connectivity index (χ1) is 18.7. The highest BCUT2D eigenvalue weighted by Crippen LogP contribution is 2.31. The Morgan fingerprint density at radius 2 is 1.79 bits per heavy atom. The van der Waals surface area contributed by atoms with E-state index in [-0.39, 0.29) is 29.2 Å². The Morgan fingerprint density at radius 1 is 1.08 bits per heavy atom. The fourth-order valence-electron chi connectivity index (χ4n) is 4.67. The number of benzene rings is 2. The fourth-order valence-corrected chi connectivity index (χ4v) is 5.14. The van der Waals surface area contributed by atoms with Crippen molar-refractivity contribution in [3.63, 3.8) is 0 Å². The van der Waals surface area contributed by atoms with Crippen molar-refractivity contribution in [2.75, 3.05) is 13.6 Å². The van der Waals surface area contributed by atoms with Crippen LogP contribution in [0.5, 0.6) is 0 Å². The number of carbonyl (C=O) groups excluding carboxylic acids is 2. The van der Waals surface area contributed by atoms with Gasteiger partial charge in [0.1, 0.15) is 16.2 Å². The second-order valence-electron chi connectivity index (χ2n) is 9.66. The van der Waals surface area contributed by atoms with Gasteiger partial charge in [0.15, 0.2) is 0 Å². The molecule has 0 saturated carbocycles. The van der Waals surface area contributed by atoms with E-state index in [9.17, 15) is 22.6 Å². The lowest BCUT2D eigenvalue weighted by atomic mass is 10.0. The van der Waals surface area contributed by atoms with Crippen molar-refractivity contribution in [3.8, 4) is 0 Å². The number of carbonyl (C=O) groups is 2. The highest BCUT2D eigenvalue weighted by Gasteiger charge is 2.36. The standard InChI is InChI=1S/C28H33N5O5S/c1-19(29-2)27(34)32-24(16-21-10-12-23(13-11-21)39(36,37)38)28(35)33-14-6-9-26(33)25-18-30-17-22(31-25)15-20-7-4-3-5-8-20/h3-5,7-8,10-13,17-19,24,26,29H,6,9,14-16H2,1-2H3,(H,32,34)(H,36,37,38)/p-1/t19-,24-,26?/m0/s1. The molecule has 1 aromatic heterocycles. The number of rotatable bonds is 10. The summed E-state index contributed by atoms with van der Waals surface area (Å²) in [5.74, 6) is -0.597. The Hall–Kier alpha value is -3.67. The smallest absolute Gasteiger partial charge is 0.246 e. The van der Waals surface area contributed by atoms with Crippen LogP contribution < -0.4 is 10.6 Å². The van der Waals surface area contributed by atoms with Crippen LogP contribution in [0.25, 0.3) is 0 Å². The highest BCUT2D eigenvalue weighted by molar-refractivity contribution is 7.85. The van der Waals surface area contributed by atoms with Crippen molar-refractivity contribution in [3.05, 3.63) is 89.5 Å². The van der Waals surface area contributed by atoms with Gasteiger partial charge in [0.25, 0.3) is 0 Å². The van der Waals surface area contributed by atoms with E-state index in [0.29, 0.717) is 24.2 Å². The topological polar surface area (TPSA) is 144 Å². The molecule has 206 valence electrons. The van der Waals surface area contributed by atoms with Gasteiger partial charge in [0, 0.05) is 25.6 Å². The third-order valence-electron chi connectivity index (χ3n) is 6.90. The quantitative estimate of drug-likeness (QED) is 0.365. The van der Waals surface area contributed by atoms with E-state index in [0.717, 1.165) is 24.1 Å². The first kappa shape index (κ1) is 28.3. The van der Waals surface area contributed by atoms with Crippen LogP contribution >= 0.6 is 0 Å². The molecule has 1 fully saturated rings. The molecule has 2 amide bonds. The van der Waals surface area contributed by atoms with E-state index in [1.807, 2.05) is 30.3 Å². The summed E-state index contributed by atoms with van der Waals surface area (Å²) in [5.41, 5.74) is 3.23. The number of nitrogens with one attached hydrogen (secondary N) is 2. The Bertz CT molecular complexity index is 1400. The van der Waals surface area contributed by atoms with Gasteiger partial charge in [0.05, 0.1) is 34.6 Å². The molecule has 0 aliphatic carbocycles. The van der Waals surface area contributed by atoms with Crippen LogP contribution in [0, 0.1) is 0 Å². The lowest BCUT2D eigenvalue weighted by Gasteiger charge is -2.30. The van der Waals surface area contributed by atoms with Crippen LogP contribution in [0.4, 0.5) is 0 Å². The summed E-state index contributed by atoms with van der Waals surface area (Å²) in [6, 6.07) is 13.6. The minimum absolute atomic E-state index is 0.128. The van der Waals surface area contributed by atoms with Crippen molar-refractivity contribution in [2.45, 2.75) is 55.6 Å². The summed E-state index contributed by atoms with van der Waals surface area (Å²) in [6.45, 7) is 2.20. The number of hydrogen-bond acceptors (Lipinski definition) is 8. The molecule has 0 spiro atoms. The van der Waals surface area contributed by atoms with Crippen molar-refractivity contribution in [1.82, 2.24) is 25.5 Å². The predicted octanol–water partition coefficient (Wildman–Crippen LogP) is 1.97. The van der Waals surface area contributed by atoms with Gasteiger partial charge in [-0.3, -0.25) is 19.6 Å². The Morgan fingerprint density at radius 3 is 2.46 bits per heavy atom. The molecule has 0 radical (unpaired) electrons. The maximum atomic E-state index is 13.9. The highest BCUT2D eigenvalue weighted by atomic mass is 32.2. The van der Waals surface area contributed by atoms with Gasteiger partial charge in [-0.2, -0.15) is 0 Å². The Labute approximate surface area is 228 Å². The number of nitrogens with zero attached hydrogens (tertiary/aromatic N) is 3. The zero-order valence-electron chi connectivity index (χ0n) is 21.9. The first-order valence-corrected chi connectivity index (χ1v) is 14.2. The molecule has 10 nitrogen and oxygen atoms in total. The van der Waals surface area contributed by atoms with Crippen LogP contribution in [0.2, 0.25) is 0 Å². The second-order valence-corrected chi connectivity index (χ2v) is 11.0. The molecular weight excluding hydrogens is 518 g/mol. The number of amides is 2. The molecule has 1 aliphatic heterocycles. The van der Waals surface area contributed by atoms with Gasteiger partial charge in [-0.1, -0.05) is 42.5 Å². The lowest BCUT2D eigenvalue weighted by molar-refractivity contribution is -0.137. The first-order valence-electron chi connectivity index (χ1n) is 12.8. The molecule has 0 bridgehead atoms. The van der Waals surface area contributed by atoms with E-state index in [4.69, 9.17) is 4.98 Å². The summed E-state index contributed by atoms with van der Waals surface area (Å²) < 4.78 is 33.9. The number of likely N-dealkylation sites (N-methyl/N-ethyl adjacent to an activating group) is 1. The second kappa shape index (κ2) is 12.5. The summed E-state index contributed by atoms with van der Waals surface area (Å²) in [6.07, 6.45) is 5.67. The Balaban J connectivity index is 1.56. The normalized spacial score (nSPS) is 17.0. The molecule has 3 atom stereocenters. The molecule has 3 aromatic rings. The zero-order valence-corrected chi connectivity index (χ0v) is 22.7. The average Bonchev–Trinajstić information content (AvgIpc) is 3.42. The molecule has 2 N–H and O–H groups in total. The maximum absolute atomic E-state index is 13.9. The van der Waals surface area contributed by atoms with Crippen molar-refractivity contribution < 1.29 is 22.6 Å². The van der Waals surface area contributed by atoms with Gasteiger partial charge >= 0.3 is 0 Å².